The van der Waals surface area contributed by atoms with Crippen LogP contribution in [0.4, 0.5) is 6.01 Å². The number of likely N-dealkylation sites (tertiary alicyclic amines) is 1. The molecule has 0 aliphatic carbocycles. The molecule has 1 amide bonds. The van der Waals surface area contributed by atoms with E-state index in [4.69, 9.17) is 4.52 Å². The van der Waals surface area contributed by atoms with E-state index in [9.17, 15) is 4.79 Å². The number of rotatable bonds is 4. The zero-order valence-electron chi connectivity index (χ0n) is 13.8. The predicted octanol–water partition coefficient (Wildman–Crippen LogP) is 2.35. The number of anilines is 1. The second kappa shape index (κ2) is 6.40. The fraction of sp³-hybridized carbons (Fsp3) is 0.471. The molecular formula is C17H22N4O2. The number of benzene rings is 1. The molecule has 6 nitrogen and oxygen atoms in total. The van der Waals surface area contributed by atoms with Gasteiger partial charge >= 0.3 is 6.01 Å². The van der Waals surface area contributed by atoms with E-state index in [0.717, 1.165) is 31.6 Å². The molecule has 2 aromatic rings. The molecule has 1 aromatic carbocycles. The lowest BCUT2D eigenvalue weighted by molar-refractivity contribution is -0.127. The summed E-state index contributed by atoms with van der Waals surface area (Å²) in [6.45, 7) is 6.12. The Labute approximate surface area is 136 Å². The molecule has 1 saturated heterocycles. The minimum atomic E-state index is 0.148. The molecule has 1 fully saturated rings. The third-order valence-electron chi connectivity index (χ3n) is 4.31. The molecule has 1 unspecified atom stereocenters. The lowest BCUT2D eigenvalue weighted by Crippen LogP contribution is -2.30. The summed E-state index contributed by atoms with van der Waals surface area (Å²) >= 11 is 0. The summed E-state index contributed by atoms with van der Waals surface area (Å²) in [6, 6.07) is 8.56. The highest BCUT2D eigenvalue weighted by atomic mass is 16.5. The van der Waals surface area contributed by atoms with Crippen LogP contribution in [0.1, 0.15) is 18.9 Å². The summed E-state index contributed by atoms with van der Waals surface area (Å²) < 4.78 is 5.38. The van der Waals surface area contributed by atoms with E-state index in [1.165, 1.54) is 5.56 Å². The molecule has 0 radical (unpaired) electrons. The lowest BCUT2D eigenvalue weighted by Gasteiger charge is -2.19. The molecule has 6 heteroatoms. The van der Waals surface area contributed by atoms with Crippen LogP contribution in [0.25, 0.3) is 11.4 Å². The maximum absolute atomic E-state index is 11.4. The van der Waals surface area contributed by atoms with Crippen LogP contribution in [0.15, 0.2) is 28.8 Å². The molecule has 23 heavy (non-hydrogen) atoms. The fourth-order valence-corrected chi connectivity index (χ4v) is 2.92. The molecule has 1 aliphatic heterocycles. The van der Waals surface area contributed by atoms with Crippen molar-refractivity contribution in [1.82, 2.24) is 15.0 Å². The molecule has 0 bridgehead atoms. The normalized spacial score (nSPS) is 17.5. The number of carbonyl (C=O) groups is 1. The molecule has 0 N–H and O–H groups in total. The van der Waals surface area contributed by atoms with Gasteiger partial charge in [-0.2, -0.15) is 4.98 Å². The van der Waals surface area contributed by atoms with Crippen molar-refractivity contribution in [3.63, 3.8) is 0 Å². The lowest BCUT2D eigenvalue weighted by atomic mass is 10.1. The Morgan fingerprint density at radius 1 is 1.39 bits per heavy atom. The van der Waals surface area contributed by atoms with Crippen molar-refractivity contribution < 1.29 is 9.32 Å². The van der Waals surface area contributed by atoms with E-state index in [2.05, 4.69) is 10.1 Å². The Bertz CT molecular complexity index is 680. The van der Waals surface area contributed by atoms with E-state index in [1.807, 2.05) is 48.0 Å². The summed E-state index contributed by atoms with van der Waals surface area (Å²) in [5, 5.41) is 4.06. The first kappa shape index (κ1) is 15.5. The predicted molar refractivity (Wildman–Crippen MR) is 88.1 cm³/mol. The van der Waals surface area contributed by atoms with Gasteiger partial charge in [0.2, 0.25) is 11.7 Å². The molecule has 122 valence electrons. The van der Waals surface area contributed by atoms with Gasteiger partial charge in [-0.05, 0) is 19.3 Å². The van der Waals surface area contributed by atoms with Gasteiger partial charge in [-0.25, -0.2) is 0 Å². The van der Waals surface area contributed by atoms with E-state index < -0.39 is 0 Å². The van der Waals surface area contributed by atoms with E-state index in [1.54, 1.807) is 6.92 Å². The van der Waals surface area contributed by atoms with Crippen LogP contribution in [0.2, 0.25) is 0 Å². The zero-order valence-corrected chi connectivity index (χ0v) is 13.8. The summed E-state index contributed by atoms with van der Waals surface area (Å²) in [6.07, 6.45) is 1.02. The van der Waals surface area contributed by atoms with Crippen LogP contribution in [0, 0.1) is 12.8 Å². The van der Waals surface area contributed by atoms with Crippen LogP contribution in [0.3, 0.4) is 0 Å². The molecule has 0 saturated carbocycles. The number of carbonyl (C=O) groups excluding carboxylic acids is 1. The summed E-state index contributed by atoms with van der Waals surface area (Å²) in [7, 11) is 1.95. The van der Waals surface area contributed by atoms with E-state index in [0.29, 0.717) is 17.8 Å². The van der Waals surface area contributed by atoms with Gasteiger partial charge < -0.3 is 14.3 Å². The van der Waals surface area contributed by atoms with E-state index >= 15 is 0 Å². The topological polar surface area (TPSA) is 62.5 Å². The second-order valence-electron chi connectivity index (χ2n) is 6.27. The van der Waals surface area contributed by atoms with Crippen molar-refractivity contribution >= 4 is 11.9 Å². The standard InChI is InChI=1S/C17H22N4O2/c1-12-4-6-15(7-5-12)16-18-17(23-19-16)20(3)10-14-8-9-21(11-14)13(2)22/h4-7,14H,8-11H2,1-3H3. The van der Waals surface area contributed by atoms with Crippen molar-refractivity contribution in [2.75, 3.05) is 31.6 Å². The smallest absolute Gasteiger partial charge is 0.324 e. The Kier molecular flexibility index (Phi) is 4.32. The zero-order chi connectivity index (χ0) is 16.4. The first-order chi connectivity index (χ1) is 11.0. The number of nitrogens with zero attached hydrogens (tertiary/aromatic N) is 4. The van der Waals surface area contributed by atoms with Crippen LogP contribution in [-0.2, 0) is 4.79 Å². The minimum Gasteiger partial charge on any atom is -0.343 e. The summed E-state index contributed by atoms with van der Waals surface area (Å²) in [5.74, 6) is 1.19. The average molecular weight is 314 g/mol. The molecule has 1 aliphatic rings. The number of hydrogen-bond acceptors (Lipinski definition) is 5. The Morgan fingerprint density at radius 3 is 2.78 bits per heavy atom. The van der Waals surface area contributed by atoms with Gasteiger partial charge in [0, 0.05) is 39.2 Å². The highest BCUT2D eigenvalue weighted by Crippen LogP contribution is 2.22. The third kappa shape index (κ3) is 3.52. The largest absolute Gasteiger partial charge is 0.343 e. The summed E-state index contributed by atoms with van der Waals surface area (Å²) in [4.78, 5) is 19.7. The minimum absolute atomic E-state index is 0.148. The first-order valence-corrected chi connectivity index (χ1v) is 7.90. The van der Waals surface area contributed by atoms with Crippen molar-refractivity contribution in [2.45, 2.75) is 20.3 Å². The molecule has 1 aromatic heterocycles. The Morgan fingerprint density at radius 2 is 2.13 bits per heavy atom. The van der Waals surface area contributed by atoms with Crippen molar-refractivity contribution in [3.05, 3.63) is 29.8 Å². The van der Waals surface area contributed by atoms with Gasteiger partial charge in [0.1, 0.15) is 0 Å². The molecule has 1 atom stereocenters. The maximum atomic E-state index is 11.4. The molecular weight excluding hydrogens is 292 g/mol. The fourth-order valence-electron chi connectivity index (χ4n) is 2.92. The van der Waals surface area contributed by atoms with Gasteiger partial charge in [-0.1, -0.05) is 35.0 Å². The number of aryl methyl sites for hydroxylation is 1. The van der Waals surface area contributed by atoms with Crippen molar-refractivity contribution in [1.29, 1.82) is 0 Å². The number of aromatic nitrogens is 2. The van der Waals surface area contributed by atoms with Crippen molar-refractivity contribution in [2.24, 2.45) is 5.92 Å². The number of hydrogen-bond donors (Lipinski definition) is 0. The maximum Gasteiger partial charge on any atom is 0.324 e. The van der Waals surface area contributed by atoms with Gasteiger partial charge in [-0.15, -0.1) is 0 Å². The number of amides is 1. The van der Waals surface area contributed by atoms with Gasteiger partial charge in [0.05, 0.1) is 0 Å². The molecule has 2 heterocycles. The quantitative estimate of drug-likeness (QED) is 0.867. The van der Waals surface area contributed by atoms with Crippen LogP contribution in [0.5, 0.6) is 0 Å². The van der Waals surface area contributed by atoms with Crippen molar-refractivity contribution in [3.8, 4) is 11.4 Å². The Hall–Kier alpha value is -2.37. The first-order valence-electron chi connectivity index (χ1n) is 7.90. The SMILES string of the molecule is CC(=O)N1CCC(CN(C)c2nc(-c3ccc(C)cc3)no2)C1. The Balaban J connectivity index is 1.63. The molecule has 0 spiro atoms. The summed E-state index contributed by atoms with van der Waals surface area (Å²) in [5.41, 5.74) is 2.15. The molecule has 3 rings (SSSR count). The van der Waals surface area contributed by atoms with Gasteiger partial charge in [0.15, 0.2) is 0 Å². The highest BCUT2D eigenvalue weighted by molar-refractivity contribution is 5.73. The third-order valence-corrected chi connectivity index (χ3v) is 4.31. The van der Waals surface area contributed by atoms with Crippen LogP contribution < -0.4 is 4.90 Å². The highest BCUT2D eigenvalue weighted by Gasteiger charge is 2.26. The van der Waals surface area contributed by atoms with Crippen LogP contribution in [-0.4, -0.2) is 47.6 Å². The monoisotopic (exact) mass is 314 g/mol. The average Bonchev–Trinajstić information content (AvgIpc) is 3.17. The van der Waals surface area contributed by atoms with E-state index in [-0.39, 0.29) is 5.91 Å². The van der Waals surface area contributed by atoms with Gasteiger partial charge in [0.25, 0.3) is 0 Å². The second-order valence-corrected chi connectivity index (χ2v) is 6.27. The van der Waals surface area contributed by atoms with Crippen LogP contribution >= 0.6 is 0 Å². The van der Waals surface area contributed by atoms with Gasteiger partial charge in [-0.3, -0.25) is 4.79 Å².